The van der Waals surface area contributed by atoms with Crippen molar-refractivity contribution in [1.82, 2.24) is 9.97 Å². The molecule has 5 heteroatoms. The number of benzene rings is 1. The van der Waals surface area contributed by atoms with E-state index in [2.05, 4.69) is 55.5 Å². The van der Waals surface area contributed by atoms with Crippen LogP contribution in [0.15, 0.2) is 53.3 Å². The van der Waals surface area contributed by atoms with Gasteiger partial charge < -0.3 is 5.32 Å². The molecule has 0 fully saturated rings. The fourth-order valence-electron chi connectivity index (χ4n) is 2.23. The third-order valence-electron chi connectivity index (χ3n) is 3.21. The molecule has 0 atom stereocenters. The largest absolute Gasteiger partial charge is 0.369 e. The SMILES string of the molecule is Clc1cc(Br)cnc1NCCc1cccc2cccnc12. The summed E-state index contributed by atoms with van der Waals surface area (Å²) in [6, 6.07) is 12.1. The molecule has 0 unspecified atom stereocenters. The molecule has 2 aromatic heterocycles. The first-order valence-electron chi connectivity index (χ1n) is 6.61. The Labute approximate surface area is 136 Å². The molecule has 1 aromatic carbocycles. The molecule has 0 radical (unpaired) electrons. The first-order chi connectivity index (χ1) is 10.2. The quantitative estimate of drug-likeness (QED) is 0.731. The van der Waals surface area contributed by atoms with Gasteiger partial charge in [-0.2, -0.15) is 0 Å². The highest BCUT2D eigenvalue weighted by atomic mass is 79.9. The minimum atomic E-state index is 0.611. The van der Waals surface area contributed by atoms with Crippen LogP contribution < -0.4 is 5.32 Å². The first-order valence-corrected chi connectivity index (χ1v) is 7.79. The van der Waals surface area contributed by atoms with Gasteiger partial charge in [0.25, 0.3) is 0 Å². The number of hydrogen-bond donors (Lipinski definition) is 1. The molecule has 0 bridgehead atoms. The van der Waals surface area contributed by atoms with E-state index in [-0.39, 0.29) is 0 Å². The third kappa shape index (κ3) is 3.34. The maximum Gasteiger partial charge on any atom is 0.144 e. The first kappa shape index (κ1) is 14.3. The Kier molecular flexibility index (Phi) is 4.36. The number of fused-ring (bicyclic) bond motifs is 1. The minimum absolute atomic E-state index is 0.611. The smallest absolute Gasteiger partial charge is 0.144 e. The van der Waals surface area contributed by atoms with Crippen molar-refractivity contribution in [3.63, 3.8) is 0 Å². The molecule has 0 aliphatic heterocycles. The summed E-state index contributed by atoms with van der Waals surface area (Å²) >= 11 is 9.48. The fourth-order valence-corrected chi connectivity index (χ4v) is 2.93. The molecular formula is C16H13BrClN3. The molecule has 21 heavy (non-hydrogen) atoms. The van der Waals surface area contributed by atoms with Crippen LogP contribution in [-0.2, 0) is 6.42 Å². The highest BCUT2D eigenvalue weighted by Gasteiger charge is 2.04. The van der Waals surface area contributed by atoms with Crippen molar-refractivity contribution in [2.75, 3.05) is 11.9 Å². The van der Waals surface area contributed by atoms with Gasteiger partial charge in [0.15, 0.2) is 0 Å². The second-order valence-electron chi connectivity index (χ2n) is 4.65. The van der Waals surface area contributed by atoms with Crippen LogP contribution in [0.3, 0.4) is 0 Å². The molecular weight excluding hydrogens is 350 g/mol. The lowest BCUT2D eigenvalue weighted by atomic mass is 10.1. The summed E-state index contributed by atoms with van der Waals surface area (Å²) in [6.07, 6.45) is 4.42. The number of aromatic nitrogens is 2. The summed E-state index contributed by atoms with van der Waals surface area (Å²) in [5.41, 5.74) is 2.27. The van der Waals surface area contributed by atoms with E-state index >= 15 is 0 Å². The van der Waals surface area contributed by atoms with Crippen LogP contribution in [-0.4, -0.2) is 16.5 Å². The number of rotatable bonds is 4. The fraction of sp³-hybridized carbons (Fsp3) is 0.125. The van der Waals surface area contributed by atoms with E-state index in [0.717, 1.165) is 28.3 Å². The second kappa shape index (κ2) is 6.41. The summed E-state index contributed by atoms with van der Waals surface area (Å²) in [7, 11) is 0. The number of anilines is 1. The number of halogens is 2. The average molecular weight is 363 g/mol. The predicted octanol–water partition coefficient (Wildman–Crippen LogP) is 4.70. The molecule has 2 heterocycles. The Morgan fingerprint density at radius 3 is 2.86 bits per heavy atom. The van der Waals surface area contributed by atoms with Gasteiger partial charge in [0.2, 0.25) is 0 Å². The van der Waals surface area contributed by atoms with Crippen LogP contribution in [0.2, 0.25) is 5.02 Å². The molecule has 0 saturated heterocycles. The topological polar surface area (TPSA) is 37.8 Å². The maximum absolute atomic E-state index is 6.14. The van der Waals surface area contributed by atoms with Crippen LogP contribution in [0.4, 0.5) is 5.82 Å². The summed E-state index contributed by atoms with van der Waals surface area (Å²) in [6.45, 7) is 0.754. The highest BCUT2D eigenvalue weighted by Crippen LogP contribution is 2.23. The van der Waals surface area contributed by atoms with E-state index < -0.39 is 0 Å². The molecule has 0 amide bonds. The van der Waals surface area contributed by atoms with Gasteiger partial charge in [-0.15, -0.1) is 0 Å². The van der Waals surface area contributed by atoms with E-state index in [1.54, 1.807) is 6.20 Å². The molecule has 3 rings (SSSR count). The van der Waals surface area contributed by atoms with E-state index in [9.17, 15) is 0 Å². The lowest BCUT2D eigenvalue weighted by molar-refractivity contribution is 1.01. The molecule has 0 aliphatic carbocycles. The van der Waals surface area contributed by atoms with Crippen molar-refractivity contribution in [2.45, 2.75) is 6.42 Å². The van der Waals surface area contributed by atoms with Gasteiger partial charge in [-0.05, 0) is 40.0 Å². The molecule has 1 N–H and O–H groups in total. The van der Waals surface area contributed by atoms with Crippen LogP contribution in [0, 0.1) is 0 Å². The van der Waals surface area contributed by atoms with Gasteiger partial charge in [0.05, 0.1) is 10.5 Å². The Balaban J connectivity index is 1.72. The predicted molar refractivity (Wildman–Crippen MR) is 90.9 cm³/mol. The molecule has 3 nitrogen and oxygen atoms in total. The monoisotopic (exact) mass is 361 g/mol. The van der Waals surface area contributed by atoms with Crippen molar-refractivity contribution < 1.29 is 0 Å². The lowest BCUT2D eigenvalue weighted by Crippen LogP contribution is -2.07. The van der Waals surface area contributed by atoms with Crippen LogP contribution >= 0.6 is 27.5 Å². The third-order valence-corrected chi connectivity index (χ3v) is 3.93. The van der Waals surface area contributed by atoms with Crippen LogP contribution in [0.25, 0.3) is 10.9 Å². The zero-order valence-electron chi connectivity index (χ0n) is 11.2. The van der Waals surface area contributed by atoms with Gasteiger partial charge in [0, 0.05) is 28.8 Å². The molecule has 106 valence electrons. The maximum atomic E-state index is 6.14. The van der Waals surface area contributed by atoms with Crippen molar-refractivity contribution in [2.24, 2.45) is 0 Å². The van der Waals surface area contributed by atoms with E-state index in [1.807, 2.05) is 18.3 Å². The molecule has 0 aliphatic rings. The number of nitrogens with zero attached hydrogens (tertiary/aromatic N) is 2. The zero-order valence-corrected chi connectivity index (χ0v) is 13.5. The van der Waals surface area contributed by atoms with Crippen molar-refractivity contribution >= 4 is 44.3 Å². The van der Waals surface area contributed by atoms with Gasteiger partial charge in [-0.1, -0.05) is 35.9 Å². The highest BCUT2D eigenvalue weighted by molar-refractivity contribution is 9.10. The Morgan fingerprint density at radius 1 is 1.14 bits per heavy atom. The Hall–Kier alpha value is -1.65. The van der Waals surface area contributed by atoms with Crippen molar-refractivity contribution in [3.05, 3.63) is 63.9 Å². The molecule has 3 aromatic rings. The molecule has 0 spiro atoms. The van der Waals surface area contributed by atoms with E-state index in [4.69, 9.17) is 11.6 Å². The molecule has 0 saturated carbocycles. The standard InChI is InChI=1S/C16H13BrClN3/c17-13-9-14(18)16(21-10-13)20-8-6-12-4-1-3-11-5-2-7-19-15(11)12/h1-5,7,9-10H,6,8H2,(H,20,21). The van der Waals surface area contributed by atoms with Gasteiger partial charge >= 0.3 is 0 Å². The Bertz CT molecular complexity index is 771. The second-order valence-corrected chi connectivity index (χ2v) is 5.98. The lowest BCUT2D eigenvalue weighted by Gasteiger charge is -2.09. The van der Waals surface area contributed by atoms with Crippen molar-refractivity contribution in [1.29, 1.82) is 0 Å². The van der Waals surface area contributed by atoms with Gasteiger partial charge in [-0.3, -0.25) is 4.98 Å². The van der Waals surface area contributed by atoms with E-state index in [0.29, 0.717) is 10.8 Å². The van der Waals surface area contributed by atoms with Crippen molar-refractivity contribution in [3.8, 4) is 0 Å². The van der Waals surface area contributed by atoms with Gasteiger partial charge in [-0.25, -0.2) is 4.98 Å². The zero-order chi connectivity index (χ0) is 14.7. The van der Waals surface area contributed by atoms with E-state index in [1.165, 1.54) is 5.56 Å². The van der Waals surface area contributed by atoms with Crippen LogP contribution in [0.5, 0.6) is 0 Å². The Morgan fingerprint density at radius 2 is 2.00 bits per heavy atom. The summed E-state index contributed by atoms with van der Waals surface area (Å²) in [4.78, 5) is 8.73. The average Bonchev–Trinajstić information content (AvgIpc) is 2.50. The van der Waals surface area contributed by atoms with Crippen LogP contribution in [0.1, 0.15) is 5.56 Å². The number of hydrogen-bond acceptors (Lipinski definition) is 3. The summed E-state index contributed by atoms with van der Waals surface area (Å²) in [5.74, 6) is 0.702. The number of pyridine rings is 2. The normalized spacial score (nSPS) is 10.8. The summed E-state index contributed by atoms with van der Waals surface area (Å²) < 4.78 is 0.872. The number of nitrogens with one attached hydrogen (secondary N) is 1. The summed E-state index contributed by atoms with van der Waals surface area (Å²) in [5, 5.41) is 5.04. The van der Waals surface area contributed by atoms with Gasteiger partial charge in [0.1, 0.15) is 5.82 Å². The minimum Gasteiger partial charge on any atom is -0.369 e. The number of para-hydroxylation sites is 1.